The molecule has 0 amide bonds. The van der Waals surface area contributed by atoms with Gasteiger partial charge in [-0.1, -0.05) is 25.7 Å². The zero-order chi connectivity index (χ0) is 13.0. The Kier molecular flexibility index (Phi) is 4.68. The zero-order valence-corrected chi connectivity index (χ0v) is 12.0. The predicted molar refractivity (Wildman–Crippen MR) is 75.4 cm³/mol. The molecule has 0 spiro atoms. The van der Waals surface area contributed by atoms with Crippen molar-refractivity contribution in [1.29, 1.82) is 0 Å². The number of hydrogen-bond donors (Lipinski definition) is 1. The molecule has 3 heteroatoms. The Morgan fingerprint density at radius 2 is 1.83 bits per heavy atom. The molecule has 2 rings (SSSR count). The largest absolute Gasteiger partial charge is 0.501 e. The van der Waals surface area contributed by atoms with Crippen LogP contribution in [0, 0.1) is 0 Å². The number of nitrogens with two attached hydrogens (primary N) is 1. The molecule has 1 unspecified atom stereocenters. The van der Waals surface area contributed by atoms with Crippen LogP contribution in [0.25, 0.3) is 0 Å². The molecule has 2 aliphatic rings. The molecule has 0 aromatic heterocycles. The number of likely N-dealkylation sites (N-methyl/N-ethyl adjacent to an activating group) is 1. The van der Waals surface area contributed by atoms with Crippen LogP contribution in [0.1, 0.15) is 51.4 Å². The molecule has 0 radical (unpaired) electrons. The molecule has 1 fully saturated rings. The molecule has 0 aromatic rings. The first-order valence-corrected chi connectivity index (χ1v) is 7.40. The van der Waals surface area contributed by atoms with Gasteiger partial charge in [-0.05, 0) is 45.4 Å². The second-order valence-electron chi connectivity index (χ2n) is 6.06. The molecule has 0 aromatic carbocycles. The molecular formula is C15H28N2O. The van der Waals surface area contributed by atoms with Crippen LogP contribution >= 0.6 is 0 Å². The van der Waals surface area contributed by atoms with E-state index in [0.29, 0.717) is 0 Å². The summed E-state index contributed by atoms with van der Waals surface area (Å²) in [5, 5.41) is 0. The van der Waals surface area contributed by atoms with Gasteiger partial charge >= 0.3 is 0 Å². The lowest BCUT2D eigenvalue weighted by molar-refractivity contribution is 0.102. The number of hydrogen-bond acceptors (Lipinski definition) is 3. The monoisotopic (exact) mass is 252 g/mol. The first-order chi connectivity index (χ1) is 8.67. The van der Waals surface area contributed by atoms with E-state index in [1.165, 1.54) is 44.1 Å². The van der Waals surface area contributed by atoms with Gasteiger partial charge in [0, 0.05) is 11.6 Å². The van der Waals surface area contributed by atoms with Gasteiger partial charge in [-0.25, -0.2) is 0 Å². The second kappa shape index (κ2) is 6.07. The van der Waals surface area contributed by atoms with Crippen molar-refractivity contribution < 1.29 is 4.74 Å². The minimum absolute atomic E-state index is 0.130. The minimum Gasteiger partial charge on any atom is -0.501 e. The van der Waals surface area contributed by atoms with Crippen molar-refractivity contribution in [1.82, 2.24) is 4.90 Å². The van der Waals surface area contributed by atoms with Crippen molar-refractivity contribution in [2.75, 3.05) is 20.7 Å². The van der Waals surface area contributed by atoms with Gasteiger partial charge in [-0.15, -0.1) is 0 Å². The summed E-state index contributed by atoms with van der Waals surface area (Å²) in [6.07, 6.45) is 11.9. The van der Waals surface area contributed by atoms with Crippen molar-refractivity contribution >= 4 is 0 Å². The van der Waals surface area contributed by atoms with Gasteiger partial charge in [-0.2, -0.15) is 0 Å². The first kappa shape index (κ1) is 13.9. The van der Waals surface area contributed by atoms with E-state index in [0.717, 1.165) is 19.4 Å². The van der Waals surface area contributed by atoms with E-state index in [1.807, 2.05) is 6.26 Å². The average molecular weight is 252 g/mol. The molecule has 18 heavy (non-hydrogen) atoms. The Hall–Kier alpha value is -0.540. The standard InChI is InChI=1S/C15H28N2O/c1-17(2)15(9-5-3-4-6-10-15)14(16)13-8-7-11-18-12-13/h12,14H,3-11,16H2,1-2H3. The molecule has 0 bridgehead atoms. The van der Waals surface area contributed by atoms with Crippen LogP contribution in [0.4, 0.5) is 0 Å². The lowest BCUT2D eigenvalue weighted by Gasteiger charge is -2.45. The summed E-state index contributed by atoms with van der Waals surface area (Å²) in [6.45, 7) is 0.852. The summed E-state index contributed by atoms with van der Waals surface area (Å²) in [6, 6.07) is 0.130. The highest BCUT2D eigenvalue weighted by molar-refractivity contribution is 5.18. The molecule has 1 aliphatic heterocycles. The smallest absolute Gasteiger partial charge is 0.0876 e. The molecule has 0 saturated heterocycles. The van der Waals surface area contributed by atoms with Gasteiger partial charge in [0.05, 0.1) is 12.9 Å². The molecule has 1 aliphatic carbocycles. The van der Waals surface area contributed by atoms with Crippen LogP contribution in [-0.4, -0.2) is 37.2 Å². The van der Waals surface area contributed by atoms with E-state index in [1.54, 1.807) is 0 Å². The number of rotatable bonds is 3. The molecule has 2 N–H and O–H groups in total. The second-order valence-corrected chi connectivity index (χ2v) is 6.06. The maximum Gasteiger partial charge on any atom is 0.0876 e. The van der Waals surface area contributed by atoms with Gasteiger partial charge in [0.1, 0.15) is 0 Å². The zero-order valence-electron chi connectivity index (χ0n) is 12.0. The third-order valence-corrected chi connectivity index (χ3v) is 4.80. The minimum atomic E-state index is 0.130. The van der Waals surface area contributed by atoms with Crippen LogP contribution in [0.15, 0.2) is 11.8 Å². The van der Waals surface area contributed by atoms with Gasteiger partial charge < -0.3 is 15.4 Å². The number of ether oxygens (including phenoxy) is 1. The van der Waals surface area contributed by atoms with E-state index in [2.05, 4.69) is 19.0 Å². The molecule has 1 heterocycles. The summed E-state index contributed by atoms with van der Waals surface area (Å²) in [4.78, 5) is 2.37. The molecule has 104 valence electrons. The maximum absolute atomic E-state index is 6.64. The van der Waals surface area contributed by atoms with E-state index in [-0.39, 0.29) is 11.6 Å². The normalized spacial score (nSPS) is 26.1. The molecule has 1 atom stereocenters. The van der Waals surface area contributed by atoms with Crippen molar-refractivity contribution in [3.05, 3.63) is 11.8 Å². The lowest BCUT2D eigenvalue weighted by atomic mass is 9.77. The van der Waals surface area contributed by atoms with E-state index < -0.39 is 0 Å². The Morgan fingerprint density at radius 1 is 1.17 bits per heavy atom. The summed E-state index contributed by atoms with van der Waals surface area (Å²) in [7, 11) is 4.38. The van der Waals surface area contributed by atoms with Crippen molar-refractivity contribution in [2.24, 2.45) is 5.73 Å². The highest BCUT2D eigenvalue weighted by atomic mass is 16.5. The van der Waals surface area contributed by atoms with Crippen LogP contribution < -0.4 is 5.73 Å². The van der Waals surface area contributed by atoms with Crippen LogP contribution in [-0.2, 0) is 4.74 Å². The fourth-order valence-corrected chi connectivity index (χ4v) is 3.54. The van der Waals surface area contributed by atoms with Crippen LogP contribution in [0.2, 0.25) is 0 Å². The van der Waals surface area contributed by atoms with Crippen molar-refractivity contribution in [3.63, 3.8) is 0 Å². The van der Waals surface area contributed by atoms with Gasteiger partial charge in [-0.3, -0.25) is 0 Å². The fraction of sp³-hybridized carbons (Fsp3) is 0.867. The predicted octanol–water partition coefficient (Wildman–Crippen LogP) is 2.66. The van der Waals surface area contributed by atoms with E-state index in [9.17, 15) is 0 Å². The Bertz CT molecular complexity index is 291. The quantitative estimate of drug-likeness (QED) is 0.785. The Labute approximate surface area is 111 Å². The van der Waals surface area contributed by atoms with Crippen LogP contribution in [0.5, 0.6) is 0 Å². The van der Waals surface area contributed by atoms with E-state index >= 15 is 0 Å². The van der Waals surface area contributed by atoms with E-state index in [4.69, 9.17) is 10.5 Å². The summed E-state index contributed by atoms with van der Waals surface area (Å²) in [5.41, 5.74) is 8.10. The summed E-state index contributed by atoms with van der Waals surface area (Å²) in [5.74, 6) is 0. The Morgan fingerprint density at radius 3 is 2.33 bits per heavy atom. The summed E-state index contributed by atoms with van der Waals surface area (Å²) < 4.78 is 5.49. The van der Waals surface area contributed by atoms with Gasteiger partial charge in [0.2, 0.25) is 0 Å². The third-order valence-electron chi connectivity index (χ3n) is 4.80. The lowest BCUT2D eigenvalue weighted by Crippen LogP contribution is -2.58. The van der Waals surface area contributed by atoms with Gasteiger partial charge in [0.25, 0.3) is 0 Å². The topological polar surface area (TPSA) is 38.5 Å². The Balaban J connectivity index is 2.19. The highest BCUT2D eigenvalue weighted by Gasteiger charge is 2.40. The SMILES string of the molecule is CN(C)C1(C(N)C2=COCCC2)CCCCCC1. The van der Waals surface area contributed by atoms with Crippen molar-refractivity contribution in [2.45, 2.75) is 62.9 Å². The van der Waals surface area contributed by atoms with Gasteiger partial charge in [0.15, 0.2) is 0 Å². The van der Waals surface area contributed by atoms with Crippen molar-refractivity contribution in [3.8, 4) is 0 Å². The fourth-order valence-electron chi connectivity index (χ4n) is 3.54. The van der Waals surface area contributed by atoms with Crippen LogP contribution in [0.3, 0.4) is 0 Å². The highest BCUT2D eigenvalue weighted by Crippen LogP contribution is 2.37. The molecule has 1 saturated carbocycles. The molecular weight excluding hydrogens is 224 g/mol. The molecule has 3 nitrogen and oxygen atoms in total. The third kappa shape index (κ3) is 2.72. The maximum atomic E-state index is 6.64. The first-order valence-electron chi connectivity index (χ1n) is 7.40. The number of nitrogens with zero attached hydrogens (tertiary/aromatic N) is 1. The summed E-state index contributed by atoms with van der Waals surface area (Å²) >= 11 is 0. The average Bonchev–Trinajstić information content (AvgIpc) is 2.65.